The molecule has 0 aliphatic carbocycles. The predicted octanol–water partition coefficient (Wildman–Crippen LogP) is 4.37. The van der Waals surface area contributed by atoms with Gasteiger partial charge in [0.15, 0.2) is 0 Å². The van der Waals surface area contributed by atoms with Gasteiger partial charge in [-0.2, -0.15) is 0 Å². The maximum absolute atomic E-state index is 5.36. The van der Waals surface area contributed by atoms with Crippen LogP contribution in [-0.2, 0) is 6.54 Å². The quantitative estimate of drug-likeness (QED) is 0.772. The van der Waals surface area contributed by atoms with Crippen molar-refractivity contribution in [3.63, 3.8) is 0 Å². The van der Waals surface area contributed by atoms with Crippen LogP contribution in [0.4, 0.5) is 0 Å². The van der Waals surface area contributed by atoms with Crippen LogP contribution >= 0.6 is 22.7 Å². The lowest BCUT2D eigenvalue weighted by Crippen LogP contribution is -2.26. The van der Waals surface area contributed by atoms with Crippen LogP contribution in [0.3, 0.4) is 0 Å². The topological polar surface area (TPSA) is 12.0 Å². The summed E-state index contributed by atoms with van der Waals surface area (Å²) in [5, 5.41) is 7.86. The molecule has 3 heteroatoms. The fraction of sp³-hybridized carbons (Fsp3) is 0.333. The molecule has 2 aromatic rings. The minimum Gasteiger partial charge on any atom is -0.308 e. The van der Waals surface area contributed by atoms with E-state index in [0.717, 1.165) is 19.4 Å². The zero-order valence-electron chi connectivity index (χ0n) is 10.5. The summed E-state index contributed by atoms with van der Waals surface area (Å²) in [6, 6.07) is 6.96. The van der Waals surface area contributed by atoms with E-state index in [9.17, 15) is 0 Å². The third-order valence-electron chi connectivity index (χ3n) is 2.88. The van der Waals surface area contributed by atoms with Crippen LogP contribution in [-0.4, -0.2) is 6.04 Å². The first kappa shape index (κ1) is 13.4. The molecule has 0 aliphatic heterocycles. The maximum Gasteiger partial charge on any atom is 0.0351 e. The molecule has 0 amide bonds. The summed E-state index contributed by atoms with van der Waals surface area (Å²) >= 11 is 3.60. The van der Waals surface area contributed by atoms with Crippen LogP contribution in [0, 0.1) is 12.3 Å². The number of rotatable bonds is 6. The Balaban J connectivity index is 1.93. The van der Waals surface area contributed by atoms with Crippen molar-refractivity contribution in [2.45, 2.75) is 32.4 Å². The van der Waals surface area contributed by atoms with E-state index in [-0.39, 0.29) is 0 Å². The minimum atomic E-state index is 0.433. The standard InChI is InChI=1S/C15H17NS2/c1-3-6-13(4-2)16-10-14-9-12(11-18-14)15-7-5-8-17-15/h1,5,7-9,11,13,16H,4,6,10H2,2H3. The molecule has 0 fully saturated rings. The van der Waals surface area contributed by atoms with Crippen molar-refractivity contribution in [2.24, 2.45) is 0 Å². The molecule has 2 rings (SSSR count). The van der Waals surface area contributed by atoms with E-state index in [0.29, 0.717) is 6.04 Å². The van der Waals surface area contributed by atoms with E-state index < -0.39 is 0 Å². The maximum atomic E-state index is 5.36. The van der Waals surface area contributed by atoms with Gasteiger partial charge in [0, 0.05) is 34.3 Å². The molecule has 1 N–H and O–H groups in total. The molecule has 0 radical (unpaired) electrons. The summed E-state index contributed by atoms with van der Waals surface area (Å²) in [5.41, 5.74) is 1.33. The van der Waals surface area contributed by atoms with Gasteiger partial charge in [0.1, 0.15) is 0 Å². The molecule has 0 spiro atoms. The van der Waals surface area contributed by atoms with E-state index >= 15 is 0 Å². The highest BCUT2D eigenvalue weighted by Gasteiger charge is 2.06. The minimum absolute atomic E-state index is 0.433. The highest BCUT2D eigenvalue weighted by Crippen LogP contribution is 2.29. The molecule has 2 heterocycles. The molecule has 1 atom stereocenters. The summed E-state index contributed by atoms with van der Waals surface area (Å²) in [6.07, 6.45) is 7.24. The molecule has 1 unspecified atom stereocenters. The third-order valence-corrected chi connectivity index (χ3v) is 4.74. The van der Waals surface area contributed by atoms with Crippen molar-refractivity contribution in [1.82, 2.24) is 5.32 Å². The smallest absolute Gasteiger partial charge is 0.0351 e. The molecule has 18 heavy (non-hydrogen) atoms. The molecule has 0 aromatic carbocycles. The van der Waals surface area contributed by atoms with Gasteiger partial charge in [-0.3, -0.25) is 0 Å². The van der Waals surface area contributed by atoms with Crippen LogP contribution in [0.25, 0.3) is 10.4 Å². The van der Waals surface area contributed by atoms with Gasteiger partial charge in [-0.15, -0.1) is 35.0 Å². The summed E-state index contributed by atoms with van der Waals surface area (Å²) in [7, 11) is 0. The van der Waals surface area contributed by atoms with Gasteiger partial charge in [-0.05, 0) is 29.3 Å². The van der Waals surface area contributed by atoms with E-state index in [1.807, 2.05) is 11.3 Å². The molecule has 1 nitrogen and oxygen atoms in total. The van der Waals surface area contributed by atoms with Gasteiger partial charge in [0.05, 0.1) is 0 Å². The van der Waals surface area contributed by atoms with Gasteiger partial charge < -0.3 is 5.32 Å². The molecule has 0 saturated heterocycles. The lowest BCUT2D eigenvalue weighted by Gasteiger charge is -2.12. The monoisotopic (exact) mass is 275 g/mol. The molecule has 0 saturated carbocycles. The van der Waals surface area contributed by atoms with E-state index in [4.69, 9.17) is 6.42 Å². The van der Waals surface area contributed by atoms with Gasteiger partial charge in [-0.25, -0.2) is 0 Å². The van der Waals surface area contributed by atoms with Gasteiger partial charge in [0.2, 0.25) is 0 Å². The van der Waals surface area contributed by atoms with E-state index in [1.54, 1.807) is 11.3 Å². The Bertz CT molecular complexity index is 505. The second kappa shape index (κ2) is 6.75. The van der Waals surface area contributed by atoms with Crippen molar-refractivity contribution < 1.29 is 0 Å². The van der Waals surface area contributed by atoms with E-state index in [2.05, 4.69) is 47.1 Å². The Hall–Kier alpha value is -1.08. The Morgan fingerprint density at radius 1 is 1.44 bits per heavy atom. The van der Waals surface area contributed by atoms with Crippen LogP contribution in [0.2, 0.25) is 0 Å². The first-order valence-electron chi connectivity index (χ1n) is 6.11. The second-order valence-electron chi connectivity index (χ2n) is 4.17. The average Bonchev–Trinajstić information content (AvgIpc) is 3.04. The highest BCUT2D eigenvalue weighted by atomic mass is 32.1. The van der Waals surface area contributed by atoms with E-state index in [1.165, 1.54) is 15.3 Å². The lowest BCUT2D eigenvalue weighted by molar-refractivity contribution is 0.509. The first-order valence-corrected chi connectivity index (χ1v) is 7.87. The lowest BCUT2D eigenvalue weighted by atomic mass is 10.1. The van der Waals surface area contributed by atoms with Gasteiger partial charge in [-0.1, -0.05) is 13.0 Å². The van der Waals surface area contributed by atoms with Crippen molar-refractivity contribution in [1.29, 1.82) is 0 Å². The number of thiophene rings is 2. The second-order valence-corrected chi connectivity index (χ2v) is 6.12. The first-order chi connectivity index (χ1) is 8.83. The summed E-state index contributed by atoms with van der Waals surface area (Å²) in [4.78, 5) is 2.71. The third kappa shape index (κ3) is 3.46. The Morgan fingerprint density at radius 2 is 2.33 bits per heavy atom. The molecular formula is C15H17NS2. The zero-order valence-corrected chi connectivity index (χ0v) is 12.1. The molecule has 0 bridgehead atoms. The summed E-state index contributed by atoms with van der Waals surface area (Å²) < 4.78 is 0. The zero-order chi connectivity index (χ0) is 12.8. The SMILES string of the molecule is C#CCC(CC)NCc1cc(-c2cccs2)cs1. The van der Waals surface area contributed by atoms with Crippen molar-refractivity contribution in [2.75, 3.05) is 0 Å². The van der Waals surface area contributed by atoms with Crippen LogP contribution in [0.5, 0.6) is 0 Å². The normalized spacial score (nSPS) is 12.2. The summed E-state index contributed by atoms with van der Waals surface area (Å²) in [5.74, 6) is 2.73. The van der Waals surface area contributed by atoms with Crippen LogP contribution < -0.4 is 5.32 Å². The number of nitrogens with one attached hydrogen (secondary N) is 1. The van der Waals surface area contributed by atoms with Crippen LogP contribution in [0.1, 0.15) is 24.6 Å². The molecule has 2 aromatic heterocycles. The number of terminal acetylenes is 1. The van der Waals surface area contributed by atoms with Gasteiger partial charge in [0.25, 0.3) is 0 Å². The van der Waals surface area contributed by atoms with Crippen molar-refractivity contribution >= 4 is 22.7 Å². The fourth-order valence-electron chi connectivity index (χ4n) is 1.79. The number of hydrogen-bond acceptors (Lipinski definition) is 3. The highest BCUT2D eigenvalue weighted by molar-refractivity contribution is 7.14. The predicted molar refractivity (Wildman–Crippen MR) is 82.0 cm³/mol. The molecule has 0 aliphatic rings. The largest absolute Gasteiger partial charge is 0.308 e. The molecular weight excluding hydrogens is 258 g/mol. The average molecular weight is 275 g/mol. The Labute approximate surface area is 117 Å². The summed E-state index contributed by atoms with van der Waals surface area (Å²) in [6.45, 7) is 3.08. The Kier molecular flexibility index (Phi) is 5.00. The molecule has 94 valence electrons. The Morgan fingerprint density at radius 3 is 3.00 bits per heavy atom. The fourth-order valence-corrected chi connectivity index (χ4v) is 3.42. The van der Waals surface area contributed by atoms with Crippen molar-refractivity contribution in [3.8, 4) is 22.8 Å². The number of hydrogen-bond donors (Lipinski definition) is 1. The van der Waals surface area contributed by atoms with Crippen molar-refractivity contribution in [3.05, 3.63) is 33.8 Å². The van der Waals surface area contributed by atoms with Gasteiger partial charge >= 0.3 is 0 Å². The van der Waals surface area contributed by atoms with Crippen LogP contribution in [0.15, 0.2) is 29.0 Å².